The highest BCUT2D eigenvalue weighted by Gasteiger charge is 2.61. The number of allylic oxidation sites excluding steroid dienone is 4. The third kappa shape index (κ3) is 6.24. The molecule has 53 heavy (non-hydrogen) atoms. The molecule has 0 atom stereocenters. The zero-order chi connectivity index (χ0) is 40.1. The third-order valence-corrected chi connectivity index (χ3v) is 8.49. The van der Waals surface area contributed by atoms with Gasteiger partial charge >= 0.3 is 30.9 Å². The summed E-state index contributed by atoms with van der Waals surface area (Å²) in [5.41, 5.74) is -25.7. The van der Waals surface area contributed by atoms with Gasteiger partial charge in [0.25, 0.3) is 0 Å². The number of carbonyl (C=O) groups excluding carboxylic acids is 1. The van der Waals surface area contributed by atoms with Gasteiger partial charge in [-0.1, -0.05) is 49.0 Å². The summed E-state index contributed by atoms with van der Waals surface area (Å²) < 4.78 is 217. The van der Waals surface area contributed by atoms with Crippen molar-refractivity contribution in [1.82, 2.24) is 4.57 Å². The Balaban J connectivity index is 2.09. The molecule has 1 heterocycles. The van der Waals surface area contributed by atoms with E-state index in [-0.39, 0.29) is 15.7 Å². The lowest BCUT2D eigenvalue weighted by Crippen LogP contribution is -2.33. The van der Waals surface area contributed by atoms with Gasteiger partial charge in [0.2, 0.25) is 5.78 Å². The third-order valence-electron chi connectivity index (χ3n) is 8.49. The summed E-state index contributed by atoms with van der Waals surface area (Å²) in [7, 11) is 0. The molecule has 0 aliphatic heterocycles. The number of halogens is 15. The van der Waals surface area contributed by atoms with Crippen molar-refractivity contribution < 1.29 is 75.8 Å². The number of nitrogens with zero attached hydrogens (tertiary/aromatic N) is 1. The number of aliphatic hydroxyl groups excluding tert-OH is 1. The van der Waals surface area contributed by atoms with Gasteiger partial charge in [0.05, 0.1) is 50.2 Å². The molecular formula is C35H20F15NO2. The first-order chi connectivity index (χ1) is 24.0. The lowest BCUT2D eigenvalue weighted by Gasteiger charge is -2.31. The molecule has 0 spiro atoms. The Morgan fingerprint density at radius 3 is 1.47 bits per heavy atom. The van der Waals surface area contributed by atoms with Crippen molar-refractivity contribution in [3.8, 4) is 5.69 Å². The van der Waals surface area contributed by atoms with Gasteiger partial charge in [0, 0.05) is 16.6 Å². The minimum absolute atomic E-state index is 0.0573. The van der Waals surface area contributed by atoms with Crippen LogP contribution in [0.4, 0.5) is 65.9 Å². The largest absolute Gasteiger partial charge is 0.506 e. The predicted molar refractivity (Wildman–Crippen MR) is 160 cm³/mol. The van der Waals surface area contributed by atoms with Crippen LogP contribution in [0.15, 0.2) is 72.0 Å². The fourth-order valence-electron chi connectivity index (χ4n) is 6.63. The van der Waals surface area contributed by atoms with Crippen molar-refractivity contribution in [2.45, 2.75) is 51.7 Å². The van der Waals surface area contributed by atoms with Crippen molar-refractivity contribution >= 4 is 27.8 Å². The Kier molecular flexibility index (Phi) is 8.99. The molecule has 1 aliphatic rings. The first-order valence-corrected chi connectivity index (χ1v) is 14.7. The molecule has 18 heteroatoms. The molecule has 0 bridgehead atoms. The molecule has 1 N–H and O–H groups in total. The monoisotopic (exact) mass is 771 g/mol. The minimum atomic E-state index is -7.07. The number of aryl methyl sites for hydroxylation is 1. The molecule has 1 aromatic heterocycles. The molecule has 5 rings (SSSR count). The number of aliphatic hydroxyl groups is 1. The number of alkyl halides is 15. The SMILES string of the molecule is C=C(C)/C(=C1\C(=O)C(c2c(C)n(-c3c(C(F)(F)F)c(C(F)(F)F)c(C(F)(F)F)c(C(F)(F)F)c3C(F)(F)F)c3ccccc23)=C1O)c1ccccc1C. The second-order valence-electron chi connectivity index (χ2n) is 11.9. The summed E-state index contributed by atoms with van der Waals surface area (Å²) in [5, 5.41) is 10.7. The molecule has 0 saturated carbocycles. The molecule has 4 aromatic rings. The number of hydrogen-bond donors (Lipinski definition) is 1. The highest BCUT2D eigenvalue weighted by atomic mass is 19.4. The summed E-state index contributed by atoms with van der Waals surface area (Å²) in [6, 6.07) is 9.90. The Morgan fingerprint density at radius 1 is 0.642 bits per heavy atom. The van der Waals surface area contributed by atoms with Crippen LogP contribution in [0.2, 0.25) is 0 Å². The molecular weight excluding hydrogens is 751 g/mol. The predicted octanol–water partition coefficient (Wildman–Crippen LogP) is 12.2. The fraction of sp³-hybridized carbons (Fsp3) is 0.229. The van der Waals surface area contributed by atoms with E-state index in [1.807, 2.05) is 0 Å². The molecule has 282 valence electrons. The Bertz CT molecular complexity index is 2230. The van der Waals surface area contributed by atoms with Crippen molar-refractivity contribution in [2.24, 2.45) is 0 Å². The first kappa shape index (κ1) is 39.1. The molecule has 0 unspecified atom stereocenters. The summed E-state index contributed by atoms with van der Waals surface area (Å²) in [6.07, 6.45) is -34.7. The van der Waals surface area contributed by atoms with Crippen LogP contribution in [-0.2, 0) is 35.7 Å². The average molecular weight is 772 g/mol. The quantitative estimate of drug-likeness (QED) is 0.166. The minimum Gasteiger partial charge on any atom is -0.506 e. The second-order valence-corrected chi connectivity index (χ2v) is 11.9. The molecule has 0 radical (unpaired) electrons. The van der Waals surface area contributed by atoms with Gasteiger partial charge in [0.15, 0.2) is 0 Å². The molecule has 0 fully saturated rings. The maximum Gasteiger partial charge on any atom is 0.419 e. The summed E-state index contributed by atoms with van der Waals surface area (Å²) in [6.45, 7) is 7.44. The maximum atomic E-state index is 14.8. The van der Waals surface area contributed by atoms with Gasteiger partial charge in [-0.25, -0.2) is 0 Å². The van der Waals surface area contributed by atoms with Crippen molar-refractivity contribution in [3.63, 3.8) is 0 Å². The average Bonchev–Trinajstić information content (AvgIpc) is 3.27. The molecule has 0 amide bonds. The topological polar surface area (TPSA) is 42.2 Å². The molecule has 0 saturated heterocycles. The van der Waals surface area contributed by atoms with Crippen LogP contribution in [0.25, 0.3) is 27.7 Å². The van der Waals surface area contributed by atoms with E-state index in [4.69, 9.17) is 0 Å². The van der Waals surface area contributed by atoms with E-state index < -0.39 is 109 Å². The number of benzene rings is 3. The van der Waals surface area contributed by atoms with Gasteiger partial charge < -0.3 is 9.67 Å². The van der Waals surface area contributed by atoms with Crippen LogP contribution in [0.3, 0.4) is 0 Å². The van der Waals surface area contributed by atoms with E-state index >= 15 is 0 Å². The Labute approximate surface area is 287 Å². The number of ketones is 1. The van der Waals surface area contributed by atoms with E-state index in [2.05, 4.69) is 6.58 Å². The highest BCUT2D eigenvalue weighted by Crippen LogP contribution is 2.58. The smallest absolute Gasteiger partial charge is 0.419 e. The zero-order valence-corrected chi connectivity index (χ0v) is 26.8. The number of hydrogen-bond acceptors (Lipinski definition) is 2. The van der Waals surface area contributed by atoms with Gasteiger partial charge in [-0.3, -0.25) is 4.79 Å². The molecule has 3 nitrogen and oxygen atoms in total. The highest BCUT2D eigenvalue weighted by molar-refractivity contribution is 6.43. The lowest BCUT2D eigenvalue weighted by atomic mass is 9.76. The molecule has 1 aliphatic carbocycles. The summed E-state index contributed by atoms with van der Waals surface area (Å²) in [5.74, 6) is -2.00. The van der Waals surface area contributed by atoms with E-state index in [0.29, 0.717) is 24.1 Å². The Morgan fingerprint density at radius 2 is 1.06 bits per heavy atom. The van der Waals surface area contributed by atoms with Crippen LogP contribution in [0.5, 0.6) is 0 Å². The van der Waals surface area contributed by atoms with Crippen LogP contribution in [-0.4, -0.2) is 15.5 Å². The van der Waals surface area contributed by atoms with Crippen molar-refractivity contribution in [1.29, 1.82) is 0 Å². The van der Waals surface area contributed by atoms with E-state index in [9.17, 15) is 75.8 Å². The van der Waals surface area contributed by atoms with Crippen LogP contribution in [0.1, 0.15) is 57.1 Å². The Hall–Kier alpha value is -5.16. The maximum absolute atomic E-state index is 14.8. The van der Waals surface area contributed by atoms with Gasteiger partial charge in [-0.05, 0) is 49.1 Å². The number of Topliss-reactive ketones (excluding diaryl/α,β-unsaturated/α-hetero) is 1. The number of aromatic nitrogens is 1. The van der Waals surface area contributed by atoms with E-state index in [0.717, 1.165) is 18.2 Å². The van der Waals surface area contributed by atoms with Crippen LogP contribution in [0, 0.1) is 13.8 Å². The number of rotatable bonds is 4. The number of fused-ring (bicyclic) bond motifs is 1. The van der Waals surface area contributed by atoms with Crippen molar-refractivity contribution in [3.05, 3.63) is 122 Å². The number of para-hydroxylation sites is 1. The normalized spacial score (nSPS) is 15.7. The summed E-state index contributed by atoms with van der Waals surface area (Å²) >= 11 is 0. The van der Waals surface area contributed by atoms with E-state index in [1.54, 1.807) is 25.1 Å². The van der Waals surface area contributed by atoms with Gasteiger partial charge in [-0.2, -0.15) is 65.9 Å². The standard InChI is InChI=1S/C35H20F15NO2/c1-13(2)19(16-10-6-5-9-14(16)3)21-29(52)22(30(21)53)20-15(4)51(18-12-8-7-11-17(18)20)28-26(34(45,46)47)24(32(39,40)41)23(31(36,37)38)25(33(42,43)44)27(28)35(48,49)50/h5-12,52H,1H2,2-4H3/b21-19+. The van der Waals surface area contributed by atoms with Crippen molar-refractivity contribution in [2.75, 3.05) is 0 Å². The fourth-order valence-corrected chi connectivity index (χ4v) is 6.63. The van der Waals surface area contributed by atoms with E-state index in [1.165, 1.54) is 13.0 Å². The lowest BCUT2D eigenvalue weighted by molar-refractivity contribution is -0.188. The van der Waals surface area contributed by atoms with Gasteiger partial charge in [-0.15, -0.1) is 0 Å². The number of carbonyl (C=O) groups is 1. The molecule has 3 aromatic carbocycles. The first-order valence-electron chi connectivity index (χ1n) is 14.7. The van der Waals surface area contributed by atoms with Crippen LogP contribution < -0.4 is 0 Å². The zero-order valence-electron chi connectivity index (χ0n) is 26.8. The second kappa shape index (κ2) is 12.2. The summed E-state index contributed by atoms with van der Waals surface area (Å²) in [4.78, 5) is 13.8. The van der Waals surface area contributed by atoms with Gasteiger partial charge in [0.1, 0.15) is 5.76 Å². The van der Waals surface area contributed by atoms with Crippen LogP contribution >= 0.6 is 0 Å².